The zero-order chi connectivity index (χ0) is 21.3. The fourth-order valence-corrected chi connectivity index (χ4v) is 2.84. The second kappa shape index (κ2) is 9.85. The predicted molar refractivity (Wildman–Crippen MR) is 132 cm³/mol. The Balaban J connectivity index is 2.03. The highest BCUT2D eigenvalue weighted by atomic mass is 14.9. The minimum Gasteiger partial charge on any atom is -0.262 e. The number of hydrogen-bond acceptors (Lipinski definition) is 4. The van der Waals surface area contributed by atoms with E-state index in [2.05, 4.69) is 46.6 Å². The SMILES string of the molecule is C=Cc1cccc(C=Nc2cc(N=C)c(N=C)cc2/N=C/c2cccc(C=C)c2)c1. The van der Waals surface area contributed by atoms with E-state index in [-0.39, 0.29) is 0 Å². The molecule has 0 aliphatic carbocycles. The molecule has 0 bridgehead atoms. The molecular formula is C26H22N4. The van der Waals surface area contributed by atoms with Crippen LogP contribution in [0.25, 0.3) is 12.2 Å². The fraction of sp³-hybridized carbons (Fsp3) is 0. The van der Waals surface area contributed by atoms with E-state index in [4.69, 9.17) is 0 Å². The van der Waals surface area contributed by atoms with Crippen molar-refractivity contribution < 1.29 is 0 Å². The molecule has 0 aliphatic rings. The third kappa shape index (κ3) is 5.00. The zero-order valence-corrected chi connectivity index (χ0v) is 16.7. The van der Waals surface area contributed by atoms with Crippen LogP contribution in [0.5, 0.6) is 0 Å². The van der Waals surface area contributed by atoms with E-state index in [1.54, 1.807) is 36.7 Å². The summed E-state index contributed by atoms with van der Waals surface area (Å²) in [4.78, 5) is 17.4. The Labute approximate surface area is 177 Å². The van der Waals surface area contributed by atoms with Crippen LogP contribution in [0.2, 0.25) is 0 Å². The van der Waals surface area contributed by atoms with E-state index in [1.807, 2.05) is 48.5 Å². The lowest BCUT2D eigenvalue weighted by atomic mass is 10.1. The largest absolute Gasteiger partial charge is 0.262 e. The van der Waals surface area contributed by atoms with Crippen molar-refractivity contribution in [2.45, 2.75) is 0 Å². The number of nitrogens with zero attached hydrogens (tertiary/aromatic N) is 4. The Morgan fingerprint density at radius 2 is 0.933 bits per heavy atom. The maximum Gasteiger partial charge on any atom is 0.0909 e. The van der Waals surface area contributed by atoms with Gasteiger partial charge in [0.05, 0.1) is 22.7 Å². The molecule has 0 spiro atoms. The van der Waals surface area contributed by atoms with Crippen molar-refractivity contribution in [2.75, 3.05) is 0 Å². The molecule has 0 amide bonds. The van der Waals surface area contributed by atoms with Crippen molar-refractivity contribution in [3.05, 3.63) is 96.1 Å². The Hall–Kier alpha value is -4.18. The summed E-state index contributed by atoms with van der Waals surface area (Å²) in [6, 6.07) is 19.5. The van der Waals surface area contributed by atoms with Crippen LogP contribution >= 0.6 is 0 Å². The fourth-order valence-electron chi connectivity index (χ4n) is 2.84. The first-order chi connectivity index (χ1) is 14.7. The van der Waals surface area contributed by atoms with E-state index in [0.717, 1.165) is 22.3 Å². The molecule has 0 aromatic heterocycles. The molecule has 0 unspecified atom stereocenters. The van der Waals surface area contributed by atoms with Gasteiger partial charge in [-0.05, 0) is 60.0 Å². The second-order valence-corrected chi connectivity index (χ2v) is 6.41. The lowest BCUT2D eigenvalue weighted by molar-refractivity contribution is 1.40. The van der Waals surface area contributed by atoms with Gasteiger partial charge in [0.1, 0.15) is 0 Å². The maximum absolute atomic E-state index is 4.64. The lowest BCUT2D eigenvalue weighted by Crippen LogP contribution is -1.84. The molecule has 3 aromatic carbocycles. The molecule has 4 heteroatoms. The summed E-state index contributed by atoms with van der Waals surface area (Å²) >= 11 is 0. The standard InChI is InChI=1S/C26H22N4/c1-5-19-9-7-11-21(13-19)17-29-25-15-23(27-3)24(28-4)16-26(25)30-18-22-12-8-10-20(6-2)14-22/h5-18H,1-4H2/b29-17+,30-18?. The molecule has 3 aromatic rings. The van der Waals surface area contributed by atoms with Gasteiger partial charge in [0, 0.05) is 12.4 Å². The summed E-state index contributed by atoms with van der Waals surface area (Å²) in [6.45, 7) is 14.8. The number of aliphatic imine (C=N–C) groups is 4. The van der Waals surface area contributed by atoms with Gasteiger partial charge in [0.2, 0.25) is 0 Å². The van der Waals surface area contributed by atoms with Crippen LogP contribution < -0.4 is 0 Å². The summed E-state index contributed by atoms with van der Waals surface area (Å²) < 4.78 is 0. The van der Waals surface area contributed by atoms with Crippen molar-refractivity contribution in [1.82, 2.24) is 0 Å². The average molecular weight is 390 g/mol. The molecule has 0 saturated heterocycles. The van der Waals surface area contributed by atoms with Crippen LogP contribution in [0.3, 0.4) is 0 Å². The molecule has 0 N–H and O–H groups in total. The maximum atomic E-state index is 4.64. The normalized spacial score (nSPS) is 10.9. The van der Waals surface area contributed by atoms with Gasteiger partial charge >= 0.3 is 0 Å². The molecule has 0 atom stereocenters. The van der Waals surface area contributed by atoms with E-state index in [0.29, 0.717) is 22.7 Å². The summed E-state index contributed by atoms with van der Waals surface area (Å²) in [6.07, 6.45) is 7.17. The van der Waals surface area contributed by atoms with Crippen LogP contribution in [0, 0.1) is 0 Å². The van der Waals surface area contributed by atoms with Crippen LogP contribution in [-0.4, -0.2) is 25.9 Å². The number of hydrogen-bond donors (Lipinski definition) is 0. The van der Waals surface area contributed by atoms with Gasteiger partial charge in [-0.2, -0.15) is 0 Å². The van der Waals surface area contributed by atoms with Crippen molar-refractivity contribution in [2.24, 2.45) is 20.0 Å². The predicted octanol–water partition coefficient (Wildman–Crippen LogP) is 7.14. The highest BCUT2D eigenvalue weighted by molar-refractivity contribution is 5.90. The van der Waals surface area contributed by atoms with Crippen molar-refractivity contribution >= 4 is 60.8 Å². The van der Waals surface area contributed by atoms with Crippen molar-refractivity contribution in [3.8, 4) is 0 Å². The second-order valence-electron chi connectivity index (χ2n) is 6.41. The third-order valence-corrected chi connectivity index (χ3v) is 4.41. The van der Waals surface area contributed by atoms with Gasteiger partial charge < -0.3 is 0 Å². The first kappa shape index (κ1) is 20.6. The zero-order valence-electron chi connectivity index (χ0n) is 16.7. The molecule has 4 nitrogen and oxygen atoms in total. The molecule has 30 heavy (non-hydrogen) atoms. The van der Waals surface area contributed by atoms with Crippen molar-refractivity contribution in [1.29, 1.82) is 0 Å². The van der Waals surface area contributed by atoms with E-state index >= 15 is 0 Å². The van der Waals surface area contributed by atoms with Gasteiger partial charge in [-0.15, -0.1) is 0 Å². The number of rotatable bonds is 8. The first-order valence-electron chi connectivity index (χ1n) is 9.31. The highest BCUT2D eigenvalue weighted by Crippen LogP contribution is 2.39. The smallest absolute Gasteiger partial charge is 0.0909 e. The summed E-state index contributed by atoms with van der Waals surface area (Å²) in [7, 11) is 0. The Morgan fingerprint density at radius 1 is 0.533 bits per heavy atom. The minimum absolute atomic E-state index is 0.601. The van der Waals surface area contributed by atoms with Gasteiger partial charge in [-0.25, -0.2) is 0 Å². The van der Waals surface area contributed by atoms with Crippen LogP contribution in [0.15, 0.2) is 93.8 Å². The van der Waals surface area contributed by atoms with Gasteiger partial charge in [-0.3, -0.25) is 20.0 Å². The Bertz CT molecular complexity index is 1080. The first-order valence-corrected chi connectivity index (χ1v) is 9.31. The molecule has 146 valence electrons. The van der Waals surface area contributed by atoms with Crippen LogP contribution in [-0.2, 0) is 0 Å². The third-order valence-electron chi connectivity index (χ3n) is 4.41. The Morgan fingerprint density at radius 3 is 1.30 bits per heavy atom. The summed E-state index contributed by atoms with van der Waals surface area (Å²) in [5.74, 6) is 0. The number of benzene rings is 3. The molecule has 0 heterocycles. The van der Waals surface area contributed by atoms with Crippen molar-refractivity contribution in [3.63, 3.8) is 0 Å². The van der Waals surface area contributed by atoms with Crippen LogP contribution in [0.4, 0.5) is 22.7 Å². The topological polar surface area (TPSA) is 49.4 Å². The van der Waals surface area contributed by atoms with Gasteiger partial charge in [0.25, 0.3) is 0 Å². The van der Waals surface area contributed by atoms with E-state index < -0.39 is 0 Å². The highest BCUT2D eigenvalue weighted by Gasteiger charge is 2.07. The molecule has 0 radical (unpaired) electrons. The summed E-state index contributed by atoms with van der Waals surface area (Å²) in [5.41, 5.74) is 6.49. The van der Waals surface area contributed by atoms with Gasteiger partial charge in [0.15, 0.2) is 0 Å². The minimum atomic E-state index is 0.601. The average Bonchev–Trinajstić information content (AvgIpc) is 2.81. The molecule has 3 rings (SSSR count). The molecule has 0 fully saturated rings. The molecule has 0 saturated carbocycles. The van der Waals surface area contributed by atoms with E-state index in [1.165, 1.54) is 0 Å². The van der Waals surface area contributed by atoms with Gasteiger partial charge in [-0.1, -0.05) is 61.7 Å². The van der Waals surface area contributed by atoms with E-state index in [9.17, 15) is 0 Å². The summed E-state index contributed by atoms with van der Waals surface area (Å²) in [5, 5.41) is 0. The molecule has 0 aliphatic heterocycles. The molecular weight excluding hydrogens is 368 g/mol. The lowest BCUT2D eigenvalue weighted by Gasteiger charge is -2.06. The van der Waals surface area contributed by atoms with Crippen LogP contribution in [0.1, 0.15) is 22.3 Å². The Kier molecular flexibility index (Phi) is 6.74. The quantitative estimate of drug-likeness (QED) is 0.367. The monoisotopic (exact) mass is 390 g/mol.